The van der Waals surface area contributed by atoms with Crippen LogP contribution in [0.2, 0.25) is 0 Å². The number of nitrogen functional groups attached to an aromatic ring is 1. The Labute approximate surface area is 150 Å². The van der Waals surface area contributed by atoms with Crippen molar-refractivity contribution in [2.24, 2.45) is 5.73 Å². The molecule has 0 fully saturated rings. The second-order valence-corrected chi connectivity index (χ2v) is 6.72. The van der Waals surface area contributed by atoms with Gasteiger partial charge in [0.25, 0.3) is 5.91 Å². The first-order valence-corrected chi connectivity index (χ1v) is 8.57. The Hall–Kier alpha value is -3.22. The summed E-state index contributed by atoms with van der Waals surface area (Å²) in [7, 11) is 0. The highest BCUT2D eigenvalue weighted by atomic mass is 16.3. The van der Waals surface area contributed by atoms with Gasteiger partial charge in [-0.25, -0.2) is 4.98 Å². The molecule has 1 amide bonds. The highest BCUT2D eigenvalue weighted by Gasteiger charge is 2.25. The van der Waals surface area contributed by atoms with Crippen LogP contribution in [0.5, 0.6) is 5.75 Å². The molecule has 6 N–H and O–H groups in total. The number of benzene rings is 1. The number of carbonyl (C=O) groups excluding carboxylic acids is 1. The summed E-state index contributed by atoms with van der Waals surface area (Å²) in [6.07, 6.45) is 1.85. The SMILES string of the molecule is Cc1ccc(O)c(C)c1-n1c(N)c(C(N)=O)c2cc3c(nc21)CCCN3. The van der Waals surface area contributed by atoms with Gasteiger partial charge in [0, 0.05) is 17.5 Å². The molecule has 7 heteroatoms. The van der Waals surface area contributed by atoms with Gasteiger partial charge in [-0.3, -0.25) is 9.36 Å². The molecule has 1 aliphatic heterocycles. The Kier molecular flexibility index (Phi) is 3.54. The van der Waals surface area contributed by atoms with Gasteiger partial charge in [0.15, 0.2) is 0 Å². The molecule has 4 rings (SSSR count). The molecule has 0 saturated carbocycles. The molecule has 1 aromatic carbocycles. The van der Waals surface area contributed by atoms with Crippen molar-refractivity contribution in [3.05, 3.63) is 40.6 Å². The highest BCUT2D eigenvalue weighted by molar-refractivity contribution is 6.11. The van der Waals surface area contributed by atoms with E-state index >= 15 is 0 Å². The lowest BCUT2D eigenvalue weighted by Gasteiger charge is -2.18. The predicted molar refractivity (Wildman–Crippen MR) is 102 cm³/mol. The molecule has 0 radical (unpaired) electrons. The normalized spacial score (nSPS) is 13.5. The average Bonchev–Trinajstić information content (AvgIpc) is 2.88. The number of amides is 1. The maximum atomic E-state index is 12.1. The van der Waals surface area contributed by atoms with Gasteiger partial charge in [0.2, 0.25) is 0 Å². The third kappa shape index (κ3) is 2.20. The molecule has 2 aromatic heterocycles. The van der Waals surface area contributed by atoms with Gasteiger partial charge >= 0.3 is 0 Å². The fourth-order valence-corrected chi connectivity index (χ4v) is 3.74. The van der Waals surface area contributed by atoms with Crippen LogP contribution < -0.4 is 16.8 Å². The number of primary amides is 1. The number of nitrogens with zero attached hydrogens (tertiary/aromatic N) is 2. The van der Waals surface area contributed by atoms with Crippen LogP contribution in [-0.4, -0.2) is 27.1 Å². The van der Waals surface area contributed by atoms with E-state index in [0.717, 1.165) is 42.0 Å². The zero-order chi connectivity index (χ0) is 18.6. The van der Waals surface area contributed by atoms with E-state index in [1.54, 1.807) is 10.6 Å². The molecule has 0 aliphatic carbocycles. The Balaban J connectivity index is 2.15. The summed E-state index contributed by atoms with van der Waals surface area (Å²) in [6, 6.07) is 5.36. The van der Waals surface area contributed by atoms with E-state index in [9.17, 15) is 9.90 Å². The minimum atomic E-state index is -0.598. The van der Waals surface area contributed by atoms with Gasteiger partial charge in [-0.15, -0.1) is 0 Å². The number of aryl methyl sites for hydroxylation is 2. The molecule has 134 valence electrons. The number of carbonyl (C=O) groups is 1. The van der Waals surface area contributed by atoms with Crippen molar-refractivity contribution in [2.45, 2.75) is 26.7 Å². The van der Waals surface area contributed by atoms with Crippen LogP contribution in [-0.2, 0) is 6.42 Å². The van der Waals surface area contributed by atoms with Crippen LogP contribution in [0.1, 0.15) is 33.6 Å². The third-order valence-electron chi connectivity index (χ3n) is 5.04. The van der Waals surface area contributed by atoms with E-state index in [4.69, 9.17) is 16.5 Å². The number of nitrogens with two attached hydrogens (primary N) is 2. The smallest absolute Gasteiger partial charge is 0.253 e. The zero-order valence-corrected chi connectivity index (χ0v) is 14.8. The van der Waals surface area contributed by atoms with Crippen LogP contribution in [0.15, 0.2) is 18.2 Å². The van der Waals surface area contributed by atoms with Crippen molar-refractivity contribution in [3.8, 4) is 11.4 Å². The number of aromatic hydroxyl groups is 1. The van der Waals surface area contributed by atoms with E-state index in [0.29, 0.717) is 16.6 Å². The number of hydrogen-bond acceptors (Lipinski definition) is 5. The van der Waals surface area contributed by atoms with Crippen molar-refractivity contribution in [1.82, 2.24) is 9.55 Å². The van der Waals surface area contributed by atoms with Crippen LogP contribution in [0, 0.1) is 13.8 Å². The van der Waals surface area contributed by atoms with Crippen molar-refractivity contribution in [1.29, 1.82) is 0 Å². The molecule has 0 bridgehead atoms. The first-order valence-electron chi connectivity index (χ1n) is 8.57. The number of phenols is 1. The van der Waals surface area contributed by atoms with E-state index in [1.165, 1.54) is 0 Å². The Morgan fingerprint density at radius 1 is 1.35 bits per heavy atom. The van der Waals surface area contributed by atoms with Crippen molar-refractivity contribution >= 4 is 28.4 Å². The first kappa shape index (κ1) is 16.3. The van der Waals surface area contributed by atoms with Gasteiger partial charge in [0.1, 0.15) is 17.2 Å². The summed E-state index contributed by atoms with van der Waals surface area (Å²) in [5.41, 5.74) is 17.0. The molecule has 26 heavy (non-hydrogen) atoms. The molecule has 0 unspecified atom stereocenters. The topological polar surface area (TPSA) is 119 Å². The number of pyridine rings is 1. The number of fused-ring (bicyclic) bond motifs is 2. The van der Waals surface area contributed by atoms with Gasteiger partial charge in [-0.2, -0.15) is 0 Å². The quantitative estimate of drug-likeness (QED) is 0.565. The van der Waals surface area contributed by atoms with E-state index < -0.39 is 5.91 Å². The standard InChI is InChI=1S/C19H21N5O2/c1-9-5-6-14(25)10(2)16(9)24-17(20)15(18(21)26)11-8-13-12(23-19(11)24)4-3-7-22-13/h5-6,8,22,25H,3-4,7,20H2,1-2H3,(H2,21,26). The summed E-state index contributed by atoms with van der Waals surface area (Å²) in [6.45, 7) is 4.61. The molecule has 0 atom stereocenters. The van der Waals surface area contributed by atoms with Crippen molar-refractivity contribution in [2.75, 3.05) is 17.6 Å². The number of anilines is 2. The summed E-state index contributed by atoms with van der Waals surface area (Å²) in [5.74, 6) is -0.203. The molecule has 3 heterocycles. The fraction of sp³-hybridized carbons (Fsp3) is 0.263. The molecular weight excluding hydrogens is 330 g/mol. The molecule has 0 spiro atoms. The maximum Gasteiger partial charge on any atom is 0.253 e. The third-order valence-corrected chi connectivity index (χ3v) is 5.04. The van der Waals surface area contributed by atoms with E-state index in [2.05, 4.69) is 5.32 Å². The Bertz CT molecular complexity index is 1070. The Morgan fingerprint density at radius 2 is 2.12 bits per heavy atom. The lowest BCUT2D eigenvalue weighted by atomic mass is 10.1. The minimum absolute atomic E-state index is 0.159. The number of nitrogens with one attached hydrogen (secondary N) is 1. The van der Waals surface area contributed by atoms with Crippen molar-refractivity contribution in [3.63, 3.8) is 0 Å². The van der Waals surface area contributed by atoms with Crippen LogP contribution in [0.4, 0.5) is 11.5 Å². The second-order valence-electron chi connectivity index (χ2n) is 6.72. The number of phenolic OH excluding ortho intramolecular Hbond substituents is 1. The average molecular weight is 351 g/mol. The minimum Gasteiger partial charge on any atom is -0.508 e. The molecular formula is C19H21N5O2. The predicted octanol–water partition coefficient (Wildman–Crippen LogP) is 2.39. The number of rotatable bonds is 2. The Morgan fingerprint density at radius 3 is 2.85 bits per heavy atom. The van der Waals surface area contributed by atoms with Crippen molar-refractivity contribution < 1.29 is 9.90 Å². The zero-order valence-electron chi connectivity index (χ0n) is 14.8. The van der Waals surface area contributed by atoms with Crippen LogP contribution in [0.3, 0.4) is 0 Å². The first-order chi connectivity index (χ1) is 12.4. The van der Waals surface area contributed by atoms with E-state index in [1.807, 2.05) is 26.0 Å². The largest absolute Gasteiger partial charge is 0.508 e. The summed E-state index contributed by atoms with van der Waals surface area (Å²) in [5, 5.41) is 14.1. The molecule has 0 saturated heterocycles. The second kappa shape index (κ2) is 5.66. The monoisotopic (exact) mass is 351 g/mol. The van der Waals surface area contributed by atoms with Gasteiger partial charge in [-0.05, 0) is 44.4 Å². The number of hydrogen-bond donors (Lipinski definition) is 4. The van der Waals surface area contributed by atoms with Crippen LogP contribution in [0.25, 0.3) is 16.7 Å². The lowest BCUT2D eigenvalue weighted by molar-refractivity contribution is 0.100. The van der Waals surface area contributed by atoms with Gasteiger partial charge in [-0.1, -0.05) is 6.07 Å². The fourth-order valence-electron chi connectivity index (χ4n) is 3.74. The highest BCUT2D eigenvalue weighted by Crippen LogP contribution is 2.37. The van der Waals surface area contributed by atoms with Crippen LogP contribution >= 0.6 is 0 Å². The number of aromatic nitrogens is 2. The molecule has 1 aliphatic rings. The van der Waals surface area contributed by atoms with E-state index in [-0.39, 0.29) is 17.1 Å². The van der Waals surface area contributed by atoms with Gasteiger partial charge < -0.3 is 21.9 Å². The molecule has 7 nitrogen and oxygen atoms in total. The summed E-state index contributed by atoms with van der Waals surface area (Å²) >= 11 is 0. The summed E-state index contributed by atoms with van der Waals surface area (Å²) < 4.78 is 1.73. The molecule has 3 aromatic rings. The lowest BCUT2D eigenvalue weighted by Crippen LogP contribution is -2.14. The summed E-state index contributed by atoms with van der Waals surface area (Å²) in [4.78, 5) is 16.9. The maximum absolute atomic E-state index is 12.1. The van der Waals surface area contributed by atoms with Gasteiger partial charge in [0.05, 0.1) is 22.6 Å².